The highest BCUT2D eigenvalue weighted by Crippen LogP contribution is 2.30. The van der Waals surface area contributed by atoms with Crippen LogP contribution < -0.4 is 5.59 Å². The van der Waals surface area contributed by atoms with Gasteiger partial charge in [0.25, 0.3) is 0 Å². The highest BCUT2D eigenvalue weighted by molar-refractivity contribution is 5.56. The number of rotatable bonds is 3. The first-order valence-electron chi connectivity index (χ1n) is 4.36. The standard InChI is InChI=1S/C8H16N2O3/c1-8(2,3)10(6-4-5-6)9-13-7(11)12/h6,9H,4-5H2,1-3H3,(H,11,12). The van der Waals surface area contributed by atoms with E-state index in [1.54, 1.807) is 0 Å². The smallest absolute Gasteiger partial charge is 0.448 e. The summed E-state index contributed by atoms with van der Waals surface area (Å²) in [6.07, 6.45) is 0.871. The number of nitrogens with one attached hydrogen (secondary N) is 1. The molecule has 0 bridgehead atoms. The van der Waals surface area contributed by atoms with Gasteiger partial charge >= 0.3 is 6.16 Å². The number of hydrazine groups is 1. The van der Waals surface area contributed by atoms with E-state index in [2.05, 4.69) is 10.4 Å². The van der Waals surface area contributed by atoms with Crippen molar-refractivity contribution in [3.63, 3.8) is 0 Å². The van der Waals surface area contributed by atoms with E-state index in [1.807, 2.05) is 25.8 Å². The van der Waals surface area contributed by atoms with Crippen LogP contribution in [0.15, 0.2) is 0 Å². The molecule has 1 aliphatic rings. The predicted molar refractivity (Wildman–Crippen MR) is 46.9 cm³/mol. The second-order valence-electron chi connectivity index (χ2n) is 4.23. The second kappa shape index (κ2) is 3.51. The molecule has 0 spiro atoms. The number of hydrogen-bond donors (Lipinski definition) is 2. The third-order valence-electron chi connectivity index (χ3n) is 1.87. The molecule has 0 aromatic heterocycles. The van der Waals surface area contributed by atoms with Crippen LogP contribution in [-0.2, 0) is 4.84 Å². The van der Waals surface area contributed by atoms with Crippen LogP contribution in [0.4, 0.5) is 4.79 Å². The maximum Gasteiger partial charge on any atom is 0.526 e. The molecule has 2 N–H and O–H groups in total. The highest BCUT2D eigenvalue weighted by atomic mass is 16.8. The predicted octanol–water partition coefficient (Wildman–Crippen LogP) is 1.36. The third kappa shape index (κ3) is 3.20. The molecule has 1 saturated carbocycles. The lowest BCUT2D eigenvalue weighted by molar-refractivity contribution is -0.0999. The van der Waals surface area contributed by atoms with Crippen LogP contribution in [0.25, 0.3) is 0 Å². The number of carbonyl (C=O) groups is 1. The molecule has 76 valence electrons. The van der Waals surface area contributed by atoms with Gasteiger partial charge in [-0.3, -0.25) is 0 Å². The first-order valence-corrected chi connectivity index (χ1v) is 4.36. The van der Waals surface area contributed by atoms with Crippen molar-refractivity contribution in [3.8, 4) is 0 Å². The molecule has 0 atom stereocenters. The zero-order chi connectivity index (χ0) is 10.1. The Labute approximate surface area is 77.6 Å². The normalized spacial score (nSPS) is 17.5. The molecule has 1 rings (SSSR count). The van der Waals surface area contributed by atoms with Crippen molar-refractivity contribution in [2.45, 2.75) is 45.2 Å². The lowest BCUT2D eigenvalue weighted by Crippen LogP contribution is -2.52. The van der Waals surface area contributed by atoms with Gasteiger partial charge < -0.3 is 9.94 Å². The minimum Gasteiger partial charge on any atom is -0.448 e. The fraction of sp³-hybridized carbons (Fsp3) is 0.875. The Bertz CT molecular complexity index is 196. The quantitative estimate of drug-likeness (QED) is 0.655. The fourth-order valence-corrected chi connectivity index (χ4v) is 1.18. The zero-order valence-electron chi connectivity index (χ0n) is 8.20. The summed E-state index contributed by atoms with van der Waals surface area (Å²) in [5.41, 5.74) is 2.33. The summed E-state index contributed by atoms with van der Waals surface area (Å²) in [7, 11) is 0. The van der Waals surface area contributed by atoms with E-state index in [0.717, 1.165) is 12.8 Å². The Hall–Kier alpha value is -0.810. The largest absolute Gasteiger partial charge is 0.526 e. The average molecular weight is 188 g/mol. The first-order chi connectivity index (χ1) is 5.91. The van der Waals surface area contributed by atoms with E-state index < -0.39 is 6.16 Å². The van der Waals surface area contributed by atoms with Gasteiger partial charge in [-0.05, 0) is 33.6 Å². The van der Waals surface area contributed by atoms with E-state index in [-0.39, 0.29) is 5.54 Å². The van der Waals surface area contributed by atoms with E-state index >= 15 is 0 Å². The van der Waals surface area contributed by atoms with Crippen LogP contribution in [0, 0.1) is 0 Å². The van der Waals surface area contributed by atoms with Crippen molar-refractivity contribution in [1.29, 1.82) is 0 Å². The molecule has 0 aromatic rings. The van der Waals surface area contributed by atoms with Gasteiger partial charge in [-0.1, -0.05) is 5.59 Å². The molecule has 1 fully saturated rings. The summed E-state index contributed by atoms with van der Waals surface area (Å²) in [6, 6.07) is 0.402. The van der Waals surface area contributed by atoms with Crippen molar-refractivity contribution in [2.75, 3.05) is 0 Å². The van der Waals surface area contributed by atoms with Crippen molar-refractivity contribution in [2.24, 2.45) is 0 Å². The monoisotopic (exact) mass is 188 g/mol. The Morgan fingerprint density at radius 2 is 2.08 bits per heavy atom. The van der Waals surface area contributed by atoms with Crippen molar-refractivity contribution in [1.82, 2.24) is 10.6 Å². The van der Waals surface area contributed by atoms with Gasteiger partial charge in [-0.25, -0.2) is 9.80 Å². The Morgan fingerprint density at radius 1 is 1.54 bits per heavy atom. The fourth-order valence-electron chi connectivity index (χ4n) is 1.18. The summed E-state index contributed by atoms with van der Waals surface area (Å²) < 4.78 is 0. The summed E-state index contributed by atoms with van der Waals surface area (Å²) in [5.74, 6) is 0. The lowest BCUT2D eigenvalue weighted by Gasteiger charge is -2.34. The summed E-state index contributed by atoms with van der Waals surface area (Å²) in [4.78, 5) is 14.5. The van der Waals surface area contributed by atoms with Gasteiger partial charge in [0.1, 0.15) is 0 Å². The van der Waals surface area contributed by atoms with Crippen LogP contribution in [0.3, 0.4) is 0 Å². The lowest BCUT2D eigenvalue weighted by atomic mass is 10.1. The van der Waals surface area contributed by atoms with Crippen molar-refractivity contribution in [3.05, 3.63) is 0 Å². The van der Waals surface area contributed by atoms with Gasteiger partial charge in [0.15, 0.2) is 0 Å². The molecule has 5 nitrogen and oxygen atoms in total. The SMILES string of the molecule is CC(C)(C)N(NOC(=O)O)C1CC1. The minimum atomic E-state index is -1.31. The Kier molecular flexibility index (Phi) is 2.77. The van der Waals surface area contributed by atoms with Gasteiger partial charge in [0.2, 0.25) is 0 Å². The van der Waals surface area contributed by atoms with E-state index in [9.17, 15) is 4.79 Å². The van der Waals surface area contributed by atoms with Gasteiger partial charge in [-0.15, -0.1) is 0 Å². The van der Waals surface area contributed by atoms with Crippen LogP contribution in [0.2, 0.25) is 0 Å². The molecule has 0 aliphatic heterocycles. The second-order valence-corrected chi connectivity index (χ2v) is 4.23. The minimum absolute atomic E-state index is 0.128. The number of hydrogen-bond acceptors (Lipinski definition) is 4. The molecule has 0 heterocycles. The summed E-state index contributed by atoms with van der Waals surface area (Å²) in [5, 5.41) is 10.2. The van der Waals surface area contributed by atoms with E-state index in [0.29, 0.717) is 6.04 Å². The Balaban J connectivity index is 2.43. The van der Waals surface area contributed by atoms with Gasteiger partial charge in [-0.2, -0.15) is 0 Å². The molecule has 0 saturated heterocycles. The molecule has 1 aliphatic carbocycles. The Morgan fingerprint density at radius 3 is 2.38 bits per heavy atom. The van der Waals surface area contributed by atoms with E-state index in [1.165, 1.54) is 0 Å². The van der Waals surface area contributed by atoms with Crippen molar-refractivity contribution >= 4 is 6.16 Å². The molecular formula is C8H16N2O3. The third-order valence-corrected chi connectivity index (χ3v) is 1.87. The first kappa shape index (κ1) is 10.3. The zero-order valence-corrected chi connectivity index (χ0v) is 8.20. The summed E-state index contributed by atoms with van der Waals surface area (Å²) >= 11 is 0. The molecule has 0 unspecified atom stereocenters. The van der Waals surface area contributed by atoms with Crippen molar-refractivity contribution < 1.29 is 14.7 Å². The average Bonchev–Trinajstić information content (AvgIpc) is 2.67. The van der Waals surface area contributed by atoms with Crippen LogP contribution >= 0.6 is 0 Å². The molecule has 0 radical (unpaired) electrons. The maximum absolute atomic E-state index is 10.2. The van der Waals surface area contributed by atoms with Crippen LogP contribution in [0.1, 0.15) is 33.6 Å². The molecular weight excluding hydrogens is 172 g/mol. The molecule has 5 heteroatoms. The molecule has 13 heavy (non-hydrogen) atoms. The molecule has 0 aromatic carbocycles. The topological polar surface area (TPSA) is 61.8 Å². The molecule has 0 amide bonds. The number of nitrogens with zero attached hydrogens (tertiary/aromatic N) is 1. The van der Waals surface area contributed by atoms with Gasteiger partial charge in [0.05, 0.1) is 0 Å². The van der Waals surface area contributed by atoms with Crippen LogP contribution in [-0.4, -0.2) is 27.9 Å². The van der Waals surface area contributed by atoms with Crippen LogP contribution in [0.5, 0.6) is 0 Å². The highest BCUT2D eigenvalue weighted by Gasteiger charge is 2.37. The van der Waals surface area contributed by atoms with E-state index in [4.69, 9.17) is 5.11 Å². The summed E-state index contributed by atoms with van der Waals surface area (Å²) in [6.45, 7) is 6.01. The maximum atomic E-state index is 10.2. The van der Waals surface area contributed by atoms with Gasteiger partial charge in [0, 0.05) is 11.6 Å². The number of carboxylic acid groups (broad SMARTS) is 1.